The highest BCUT2D eigenvalue weighted by Crippen LogP contribution is 2.37. The number of hydrogen-bond donors (Lipinski definition) is 2. The van der Waals surface area contributed by atoms with Crippen molar-refractivity contribution < 1.29 is 9.90 Å². The standard InChI is InChI=1S/C13H19N3O2S/c1-9-4-7-15-12(16-9)19-8-5-10-3-2-6-13(10,14)11(17)18/h4,7,10H,2-3,5-6,8,14H2,1H3,(H,17,18). The molecule has 19 heavy (non-hydrogen) atoms. The van der Waals surface area contributed by atoms with Gasteiger partial charge in [0, 0.05) is 17.6 Å². The molecule has 0 aromatic carbocycles. The maximum Gasteiger partial charge on any atom is 0.323 e. The Kier molecular flexibility index (Phi) is 4.42. The molecule has 0 aliphatic heterocycles. The lowest BCUT2D eigenvalue weighted by atomic mass is 9.86. The van der Waals surface area contributed by atoms with E-state index >= 15 is 0 Å². The Morgan fingerprint density at radius 2 is 2.47 bits per heavy atom. The summed E-state index contributed by atoms with van der Waals surface area (Å²) < 4.78 is 0. The molecule has 1 aromatic heterocycles. The lowest BCUT2D eigenvalue weighted by Gasteiger charge is -2.26. The molecule has 1 aliphatic carbocycles. The van der Waals surface area contributed by atoms with Gasteiger partial charge in [-0.2, -0.15) is 0 Å². The third-order valence-electron chi connectivity index (χ3n) is 3.74. The minimum absolute atomic E-state index is 0.0577. The minimum atomic E-state index is -1.03. The summed E-state index contributed by atoms with van der Waals surface area (Å²) in [7, 11) is 0. The van der Waals surface area contributed by atoms with Gasteiger partial charge in [-0.25, -0.2) is 9.97 Å². The summed E-state index contributed by atoms with van der Waals surface area (Å²) in [4.78, 5) is 19.7. The summed E-state index contributed by atoms with van der Waals surface area (Å²) in [6.45, 7) is 1.93. The highest BCUT2D eigenvalue weighted by Gasteiger charge is 2.45. The maximum atomic E-state index is 11.3. The minimum Gasteiger partial charge on any atom is -0.480 e. The Hall–Kier alpha value is -1.14. The Morgan fingerprint density at radius 3 is 3.16 bits per heavy atom. The molecular weight excluding hydrogens is 262 g/mol. The van der Waals surface area contributed by atoms with Gasteiger partial charge in [0.25, 0.3) is 0 Å². The fraction of sp³-hybridized carbons (Fsp3) is 0.615. The second-order valence-corrected chi connectivity index (χ2v) is 6.11. The zero-order valence-corrected chi connectivity index (χ0v) is 11.8. The number of thioether (sulfide) groups is 1. The molecule has 0 saturated heterocycles. The quantitative estimate of drug-likeness (QED) is 0.632. The highest BCUT2D eigenvalue weighted by atomic mass is 32.2. The van der Waals surface area contributed by atoms with E-state index in [2.05, 4.69) is 9.97 Å². The van der Waals surface area contributed by atoms with Gasteiger partial charge < -0.3 is 10.8 Å². The number of aromatic nitrogens is 2. The number of nitrogens with two attached hydrogens (primary N) is 1. The van der Waals surface area contributed by atoms with E-state index < -0.39 is 11.5 Å². The predicted molar refractivity (Wildman–Crippen MR) is 74.0 cm³/mol. The van der Waals surface area contributed by atoms with E-state index in [-0.39, 0.29) is 5.92 Å². The number of carboxylic acids is 1. The lowest BCUT2D eigenvalue weighted by Crippen LogP contribution is -2.51. The molecule has 1 fully saturated rings. The first-order chi connectivity index (χ1) is 9.02. The summed E-state index contributed by atoms with van der Waals surface area (Å²) in [6.07, 6.45) is 4.92. The molecule has 2 rings (SSSR count). The van der Waals surface area contributed by atoms with Crippen LogP contribution < -0.4 is 5.73 Å². The van der Waals surface area contributed by atoms with Crippen LogP contribution in [0.1, 0.15) is 31.4 Å². The van der Waals surface area contributed by atoms with Gasteiger partial charge in [0.05, 0.1) is 0 Å². The normalized spacial score (nSPS) is 26.5. The number of nitrogens with zero attached hydrogens (tertiary/aromatic N) is 2. The van der Waals surface area contributed by atoms with E-state index in [1.807, 2.05) is 13.0 Å². The molecule has 5 nitrogen and oxygen atoms in total. The summed E-state index contributed by atoms with van der Waals surface area (Å²) in [6, 6.07) is 1.86. The van der Waals surface area contributed by atoms with Gasteiger partial charge in [-0.05, 0) is 38.2 Å². The molecule has 0 bridgehead atoms. The molecule has 1 saturated carbocycles. The van der Waals surface area contributed by atoms with Crippen LogP contribution in [0.5, 0.6) is 0 Å². The predicted octanol–water partition coefficient (Wildman–Crippen LogP) is 1.85. The number of rotatable bonds is 5. The van der Waals surface area contributed by atoms with Crippen molar-refractivity contribution in [3.8, 4) is 0 Å². The summed E-state index contributed by atoms with van der Waals surface area (Å²) >= 11 is 1.56. The molecule has 0 spiro atoms. The van der Waals surface area contributed by atoms with Crippen molar-refractivity contribution in [3.63, 3.8) is 0 Å². The average Bonchev–Trinajstić information content (AvgIpc) is 2.73. The number of aryl methyl sites for hydroxylation is 1. The van der Waals surface area contributed by atoms with Gasteiger partial charge in [-0.15, -0.1) is 0 Å². The molecule has 0 amide bonds. The number of carbonyl (C=O) groups is 1. The largest absolute Gasteiger partial charge is 0.480 e. The monoisotopic (exact) mass is 281 g/mol. The topological polar surface area (TPSA) is 89.1 Å². The van der Waals surface area contributed by atoms with Gasteiger partial charge in [0.2, 0.25) is 0 Å². The Bertz CT molecular complexity index is 469. The fourth-order valence-electron chi connectivity index (χ4n) is 2.57. The Balaban J connectivity index is 1.87. The average molecular weight is 281 g/mol. The Morgan fingerprint density at radius 1 is 1.68 bits per heavy atom. The van der Waals surface area contributed by atoms with Crippen LogP contribution in [0.15, 0.2) is 17.4 Å². The van der Waals surface area contributed by atoms with Crippen LogP contribution in [0.4, 0.5) is 0 Å². The maximum absolute atomic E-state index is 11.3. The summed E-state index contributed by atoms with van der Waals surface area (Å²) in [5, 5.41) is 9.99. The molecule has 2 unspecified atom stereocenters. The molecule has 6 heteroatoms. The van der Waals surface area contributed by atoms with Crippen LogP contribution in [-0.2, 0) is 4.79 Å². The van der Waals surface area contributed by atoms with Crippen molar-refractivity contribution in [2.24, 2.45) is 11.7 Å². The van der Waals surface area contributed by atoms with Crippen LogP contribution in [0.25, 0.3) is 0 Å². The fourth-order valence-corrected chi connectivity index (χ4v) is 3.50. The van der Waals surface area contributed by atoms with Crippen LogP contribution in [0, 0.1) is 12.8 Å². The van der Waals surface area contributed by atoms with Crippen LogP contribution in [0.2, 0.25) is 0 Å². The lowest BCUT2D eigenvalue weighted by molar-refractivity contribution is -0.144. The summed E-state index contributed by atoms with van der Waals surface area (Å²) in [5.41, 5.74) is 5.92. The van der Waals surface area contributed by atoms with E-state index in [9.17, 15) is 9.90 Å². The third kappa shape index (κ3) is 3.25. The van der Waals surface area contributed by atoms with Gasteiger partial charge in [0.15, 0.2) is 5.16 Å². The second kappa shape index (κ2) is 5.88. The molecule has 1 aliphatic rings. The summed E-state index contributed by atoms with van der Waals surface area (Å²) in [5.74, 6) is -0.00510. The highest BCUT2D eigenvalue weighted by molar-refractivity contribution is 7.99. The van der Waals surface area contributed by atoms with Gasteiger partial charge in [0.1, 0.15) is 5.54 Å². The van der Waals surface area contributed by atoms with E-state index in [0.29, 0.717) is 6.42 Å². The third-order valence-corrected chi connectivity index (χ3v) is 4.63. The van der Waals surface area contributed by atoms with Crippen LogP contribution in [0.3, 0.4) is 0 Å². The molecule has 2 atom stereocenters. The van der Waals surface area contributed by atoms with Crippen molar-refractivity contribution in [1.82, 2.24) is 9.97 Å². The van der Waals surface area contributed by atoms with Gasteiger partial charge >= 0.3 is 5.97 Å². The van der Waals surface area contributed by atoms with Crippen molar-refractivity contribution in [2.75, 3.05) is 5.75 Å². The smallest absolute Gasteiger partial charge is 0.323 e. The SMILES string of the molecule is Cc1ccnc(SCCC2CCCC2(N)C(=O)O)n1. The van der Waals surface area contributed by atoms with Crippen molar-refractivity contribution in [1.29, 1.82) is 0 Å². The van der Waals surface area contributed by atoms with Gasteiger partial charge in [-0.3, -0.25) is 4.79 Å². The van der Waals surface area contributed by atoms with E-state index in [1.54, 1.807) is 18.0 Å². The molecule has 104 valence electrons. The van der Waals surface area contributed by atoms with Crippen LogP contribution in [-0.4, -0.2) is 32.3 Å². The van der Waals surface area contributed by atoms with E-state index in [0.717, 1.165) is 35.9 Å². The van der Waals surface area contributed by atoms with Gasteiger partial charge in [-0.1, -0.05) is 18.2 Å². The number of carboxylic acid groups (broad SMARTS) is 1. The van der Waals surface area contributed by atoms with Crippen LogP contribution >= 0.6 is 11.8 Å². The first-order valence-electron chi connectivity index (χ1n) is 6.47. The molecule has 0 radical (unpaired) electrons. The zero-order valence-electron chi connectivity index (χ0n) is 11.0. The van der Waals surface area contributed by atoms with Crippen molar-refractivity contribution in [3.05, 3.63) is 18.0 Å². The van der Waals surface area contributed by atoms with E-state index in [1.165, 1.54) is 0 Å². The zero-order chi connectivity index (χ0) is 13.9. The first-order valence-corrected chi connectivity index (χ1v) is 7.45. The number of aliphatic carboxylic acids is 1. The first kappa shape index (κ1) is 14.3. The number of hydrogen-bond acceptors (Lipinski definition) is 5. The van der Waals surface area contributed by atoms with E-state index in [4.69, 9.17) is 5.73 Å². The Labute approximate surface area is 117 Å². The second-order valence-electron chi connectivity index (χ2n) is 5.05. The molecule has 1 aromatic rings. The van der Waals surface area contributed by atoms with Crippen molar-refractivity contribution in [2.45, 2.75) is 43.3 Å². The molecule has 3 N–H and O–H groups in total. The molecule has 1 heterocycles. The molecular formula is C13H19N3O2S. The van der Waals surface area contributed by atoms with Crippen molar-refractivity contribution >= 4 is 17.7 Å².